The number of nitro groups is 1. The Morgan fingerprint density at radius 1 is 0.865 bits per heavy atom. The van der Waals surface area contributed by atoms with Gasteiger partial charge in [-0.15, -0.1) is 0 Å². The van der Waals surface area contributed by atoms with E-state index < -0.39 is 75.5 Å². The first-order chi connectivity index (χ1) is 35.4. The first-order valence-corrected chi connectivity index (χ1v) is 27.6. The Balaban J connectivity index is 1.20. The van der Waals surface area contributed by atoms with E-state index in [-0.39, 0.29) is 107 Å². The van der Waals surface area contributed by atoms with E-state index in [9.17, 15) is 32.9 Å². The number of hydrogen-bond acceptors (Lipinski definition) is 15. The van der Waals surface area contributed by atoms with E-state index >= 15 is 13.2 Å². The Bertz CT molecular complexity index is 3530. The zero-order chi connectivity index (χ0) is 52.1. The van der Waals surface area contributed by atoms with Crippen LogP contribution in [0.3, 0.4) is 0 Å². The molecule has 21 heteroatoms. The molecule has 4 aromatic rings. The van der Waals surface area contributed by atoms with Gasteiger partial charge in [-0.1, -0.05) is 68.0 Å². The van der Waals surface area contributed by atoms with Crippen LogP contribution >= 0.6 is 0 Å². The molecule has 0 bridgehead atoms. The number of nitro benzene ring substituents is 1. The van der Waals surface area contributed by atoms with Crippen LogP contribution in [-0.4, -0.2) is 93.2 Å². The summed E-state index contributed by atoms with van der Waals surface area (Å²) in [5.41, 5.74) is -3.36. The third-order valence-electron chi connectivity index (χ3n) is 16.9. The number of aryl methyl sites for hydroxylation is 1. The highest BCUT2D eigenvalue weighted by Gasteiger charge is 2.81. The topological polar surface area (TPSA) is 230 Å². The van der Waals surface area contributed by atoms with Gasteiger partial charge in [0.05, 0.1) is 63.5 Å². The van der Waals surface area contributed by atoms with E-state index in [1.165, 1.54) is 42.3 Å². The van der Waals surface area contributed by atoms with Gasteiger partial charge < -0.3 is 23.3 Å². The number of methoxy groups -OCH3 is 1. The number of fused-ring (bicyclic) bond motifs is 4. The number of esters is 2. The smallest absolute Gasteiger partial charge is 0.339 e. The van der Waals surface area contributed by atoms with E-state index in [0.717, 1.165) is 28.4 Å². The van der Waals surface area contributed by atoms with Gasteiger partial charge in [0.1, 0.15) is 4.90 Å². The van der Waals surface area contributed by atoms with Crippen LogP contribution in [0.1, 0.15) is 93.9 Å². The van der Waals surface area contributed by atoms with Gasteiger partial charge >= 0.3 is 22.1 Å². The van der Waals surface area contributed by atoms with Crippen molar-refractivity contribution in [1.82, 2.24) is 9.21 Å². The Morgan fingerprint density at radius 3 is 2.36 bits per heavy atom. The number of nitrogens with zero attached hydrogens (tertiary/aromatic N) is 5. The Kier molecular flexibility index (Phi) is 10.5. The number of hydrogen-bond donors (Lipinski definition) is 0. The number of carbonyl (C=O) groups excluding carboxylic acids is 4. The first kappa shape index (κ1) is 47.9. The molecule has 3 saturated heterocycles. The van der Waals surface area contributed by atoms with Crippen LogP contribution in [0.2, 0.25) is 0 Å². The van der Waals surface area contributed by atoms with Crippen molar-refractivity contribution in [2.24, 2.45) is 5.41 Å². The maximum Gasteiger partial charge on any atom is 0.339 e. The second-order valence-corrected chi connectivity index (χ2v) is 23.6. The zero-order valence-electron chi connectivity index (χ0n) is 40.9. The number of allylic oxidation sites excluding steroid dienone is 2. The monoisotopic (exact) mass is 1050 g/mol. The highest BCUT2D eigenvalue weighted by Crippen LogP contribution is 2.74. The van der Waals surface area contributed by atoms with Crippen molar-refractivity contribution < 1.29 is 59.3 Å². The highest BCUT2D eigenvalue weighted by atomic mass is 32.2. The molecule has 5 atom stereocenters. The van der Waals surface area contributed by atoms with Gasteiger partial charge in [-0.2, -0.15) is 8.42 Å². The lowest BCUT2D eigenvalue weighted by Gasteiger charge is -2.59. The van der Waals surface area contributed by atoms with E-state index in [2.05, 4.69) is 4.90 Å². The summed E-state index contributed by atoms with van der Waals surface area (Å²) in [4.78, 5) is 73.9. The van der Waals surface area contributed by atoms with Crippen molar-refractivity contribution in [2.75, 3.05) is 36.5 Å². The molecule has 8 aliphatic rings. The standard InChI is InChI=1S/C53H51N5O14S2/c1-5-41(59)56-40-21-23-50-22-10-26-54-27-25-52(40,53(50,54)71-44(62)30-50)34-29-35(47(70-43(61)6-2)48(69-4)46(34)56)51-24-28-55(73(65,66)39-14-8-7-12-36(39)58(63)64)37-19-20-42(60)57(49(37)51)45-33(51)11-9-13-38(45)72-74(67,68)32-17-15-31(3)16-18-32/h7-9,11-18,21,23,29,40H,5-6,10,19-20,22,24-28,30H2,1-4H3/t40-,50-,51-,52-,53+/m1/s1. The van der Waals surface area contributed by atoms with Gasteiger partial charge in [0, 0.05) is 50.5 Å². The van der Waals surface area contributed by atoms with Crippen LogP contribution in [0.25, 0.3) is 0 Å². The summed E-state index contributed by atoms with van der Waals surface area (Å²) in [6, 6.07) is 16.7. The number of amides is 2. The largest absolute Gasteiger partial charge is 0.491 e. The fourth-order valence-electron chi connectivity index (χ4n) is 14.1. The van der Waals surface area contributed by atoms with E-state index in [1.807, 2.05) is 18.2 Å². The summed E-state index contributed by atoms with van der Waals surface area (Å²) in [7, 11) is -8.02. The molecule has 19 nitrogen and oxygen atoms in total. The molecule has 74 heavy (non-hydrogen) atoms. The lowest BCUT2D eigenvalue weighted by atomic mass is 9.53. The van der Waals surface area contributed by atoms with E-state index in [4.69, 9.17) is 18.4 Å². The Morgan fingerprint density at radius 2 is 1.64 bits per heavy atom. The molecule has 7 aliphatic heterocycles. The normalized spacial score (nSPS) is 27.2. The molecular weight excluding hydrogens is 995 g/mol. The zero-order valence-corrected chi connectivity index (χ0v) is 42.5. The van der Waals surface area contributed by atoms with Crippen molar-refractivity contribution in [2.45, 2.75) is 111 Å². The van der Waals surface area contributed by atoms with Crippen molar-refractivity contribution in [1.29, 1.82) is 0 Å². The molecule has 1 aliphatic carbocycles. The van der Waals surface area contributed by atoms with Gasteiger partial charge in [-0.05, 0) is 80.5 Å². The van der Waals surface area contributed by atoms with Crippen molar-refractivity contribution in [3.63, 3.8) is 0 Å². The fraction of sp³-hybridized carbons (Fsp3) is 0.396. The number of ether oxygens (including phenoxy) is 3. The molecule has 0 radical (unpaired) electrons. The molecular formula is C53H51N5O14S2. The second-order valence-electron chi connectivity index (χ2n) is 20.2. The predicted molar refractivity (Wildman–Crippen MR) is 264 cm³/mol. The van der Waals surface area contributed by atoms with Gasteiger partial charge in [-0.3, -0.25) is 43.4 Å². The second kappa shape index (κ2) is 16.2. The number of rotatable bonds is 11. The molecule has 4 aromatic carbocycles. The van der Waals surface area contributed by atoms with Crippen LogP contribution in [0, 0.1) is 22.5 Å². The molecule has 0 unspecified atom stereocenters. The predicted octanol–water partition coefficient (Wildman–Crippen LogP) is 6.79. The summed E-state index contributed by atoms with van der Waals surface area (Å²) < 4.78 is 85.7. The summed E-state index contributed by atoms with van der Waals surface area (Å²) in [6.07, 6.45) is 5.20. The first-order valence-electron chi connectivity index (χ1n) is 24.8. The number of piperidine rings is 1. The van der Waals surface area contributed by atoms with Gasteiger partial charge in [0.15, 0.2) is 27.9 Å². The third kappa shape index (κ3) is 5.96. The molecule has 2 spiro atoms. The summed E-state index contributed by atoms with van der Waals surface area (Å²) in [6.45, 7) is 5.88. The summed E-state index contributed by atoms with van der Waals surface area (Å²) >= 11 is 0. The van der Waals surface area contributed by atoms with Gasteiger partial charge in [-0.25, -0.2) is 8.42 Å². The minimum atomic E-state index is -4.80. The van der Waals surface area contributed by atoms with Crippen molar-refractivity contribution in [3.8, 4) is 17.2 Å². The molecule has 12 rings (SSSR count). The molecule has 2 amide bonds. The van der Waals surface area contributed by atoms with Crippen LogP contribution in [-0.2, 0) is 54.9 Å². The van der Waals surface area contributed by atoms with Gasteiger partial charge in [0.25, 0.3) is 15.7 Å². The fourth-order valence-corrected chi connectivity index (χ4v) is 16.7. The summed E-state index contributed by atoms with van der Waals surface area (Å²) in [5.74, 6) is -2.34. The average Bonchev–Trinajstić information content (AvgIpc) is 4.11. The SMILES string of the molecule is CCC(=O)Oc1c([C@]23CCN(S(=O)(=O)c4ccccc4[N+](=O)[O-])C4=C2N(C(=O)CC4)c2c(OS(=O)(=O)c4ccc(C)cc4)cccc23)cc2c(c1OC)N(C(=O)CC)[C@@H]1C=C[C@@]34CCCN5CC[C@@]21[C@]53OC(=O)C4. The average molecular weight is 1050 g/mol. The summed E-state index contributed by atoms with van der Waals surface area (Å²) in [5, 5.41) is 12.4. The lowest BCUT2D eigenvalue weighted by Crippen LogP contribution is -2.71. The highest BCUT2D eigenvalue weighted by molar-refractivity contribution is 7.89. The van der Waals surface area contributed by atoms with Crippen LogP contribution in [0.5, 0.6) is 17.2 Å². The molecule has 3 fully saturated rings. The van der Waals surface area contributed by atoms with E-state index in [0.29, 0.717) is 37.2 Å². The van der Waals surface area contributed by atoms with Crippen LogP contribution in [0.15, 0.2) is 106 Å². The van der Waals surface area contributed by atoms with Crippen LogP contribution in [0.4, 0.5) is 17.1 Å². The molecule has 0 aromatic heterocycles. The molecule has 0 saturated carbocycles. The Hall–Kier alpha value is -7.10. The van der Waals surface area contributed by atoms with Gasteiger partial charge in [0.2, 0.25) is 11.8 Å². The molecule has 0 N–H and O–H groups in total. The van der Waals surface area contributed by atoms with Crippen molar-refractivity contribution in [3.05, 3.63) is 129 Å². The minimum absolute atomic E-state index is 0.0122. The molecule has 7 heterocycles. The minimum Gasteiger partial charge on any atom is -0.491 e. The number of carbonyl (C=O) groups is 4. The maximum atomic E-state index is 15.2. The van der Waals surface area contributed by atoms with Crippen LogP contribution < -0.4 is 23.5 Å². The number of anilines is 2. The third-order valence-corrected chi connectivity index (χ3v) is 20.0. The lowest BCUT2D eigenvalue weighted by molar-refractivity contribution is -0.387. The Labute approximate surface area is 426 Å². The maximum absolute atomic E-state index is 15.2. The van der Waals surface area contributed by atoms with E-state index in [1.54, 1.807) is 49.9 Å². The number of benzene rings is 4. The number of sulfonamides is 1. The molecule has 384 valence electrons. The van der Waals surface area contributed by atoms with Crippen molar-refractivity contribution >= 4 is 61.0 Å². The number of para-hydroxylation sites is 2. The quantitative estimate of drug-likeness (QED) is 0.0376.